The van der Waals surface area contributed by atoms with Gasteiger partial charge in [0.2, 0.25) is 0 Å². The highest BCUT2D eigenvalue weighted by atomic mass is 16.4. The van der Waals surface area contributed by atoms with Gasteiger partial charge in [-0.1, -0.05) is 13.3 Å². The summed E-state index contributed by atoms with van der Waals surface area (Å²) in [5.74, 6) is -2.15. The van der Waals surface area contributed by atoms with Crippen molar-refractivity contribution in [3.8, 4) is 0 Å². The molecule has 0 unspecified atom stereocenters. The van der Waals surface area contributed by atoms with E-state index in [2.05, 4.69) is 5.32 Å². The van der Waals surface area contributed by atoms with Crippen molar-refractivity contribution >= 4 is 11.9 Å². The minimum atomic E-state index is -1.43. The average Bonchev–Trinajstić information content (AvgIpc) is 2.47. The van der Waals surface area contributed by atoms with Crippen molar-refractivity contribution < 1.29 is 19.8 Å². The molecule has 0 saturated carbocycles. The zero-order valence-electron chi connectivity index (χ0n) is 13.0. The molecule has 7 nitrogen and oxygen atoms in total. The minimum absolute atomic E-state index is 0.112. The second kappa shape index (κ2) is 7.74. The number of amides is 1. The second-order valence-electron chi connectivity index (χ2n) is 5.18. The Morgan fingerprint density at radius 1 is 1.36 bits per heavy atom. The molecule has 1 atom stereocenters. The van der Waals surface area contributed by atoms with Gasteiger partial charge in [0.05, 0.1) is 6.61 Å². The Hall–Kier alpha value is -2.15. The molecule has 1 aromatic rings. The summed E-state index contributed by atoms with van der Waals surface area (Å²) in [5.41, 5.74) is 0.999. The molecular weight excluding hydrogens is 288 g/mol. The molecule has 3 N–H and O–H groups in total. The number of aryl methyl sites for hydroxylation is 1. The third kappa shape index (κ3) is 3.94. The summed E-state index contributed by atoms with van der Waals surface area (Å²) in [7, 11) is 0. The summed E-state index contributed by atoms with van der Waals surface area (Å²) in [6.45, 7) is 5.36. The van der Waals surface area contributed by atoms with Crippen molar-refractivity contribution in [1.29, 1.82) is 0 Å². The first kappa shape index (κ1) is 17.9. The average molecular weight is 310 g/mol. The van der Waals surface area contributed by atoms with Crippen LogP contribution in [0.5, 0.6) is 0 Å². The summed E-state index contributed by atoms with van der Waals surface area (Å²) in [5, 5.41) is 20.0. The van der Waals surface area contributed by atoms with Gasteiger partial charge in [-0.25, -0.2) is 4.79 Å². The number of aliphatic carboxylic acids is 1. The number of aliphatic hydroxyl groups is 1. The summed E-state index contributed by atoms with van der Waals surface area (Å²) in [4.78, 5) is 35.4. The molecule has 0 aromatic carbocycles. The molecule has 0 bridgehead atoms. The first-order chi connectivity index (χ1) is 10.3. The first-order valence-corrected chi connectivity index (χ1v) is 7.19. The summed E-state index contributed by atoms with van der Waals surface area (Å²) >= 11 is 0. The zero-order valence-corrected chi connectivity index (χ0v) is 13.0. The third-order valence-electron chi connectivity index (χ3n) is 3.58. The summed E-state index contributed by atoms with van der Waals surface area (Å²) < 4.78 is 1.53. The Morgan fingerprint density at radius 3 is 2.50 bits per heavy atom. The van der Waals surface area contributed by atoms with E-state index < -0.39 is 30.1 Å². The van der Waals surface area contributed by atoms with E-state index in [9.17, 15) is 14.4 Å². The van der Waals surface area contributed by atoms with Gasteiger partial charge in [0.15, 0.2) is 6.04 Å². The Morgan fingerprint density at radius 2 is 2.00 bits per heavy atom. The number of aliphatic hydroxyl groups excluding tert-OH is 1. The second-order valence-corrected chi connectivity index (χ2v) is 5.18. The lowest BCUT2D eigenvalue weighted by Gasteiger charge is -2.16. The molecule has 0 fully saturated rings. The molecule has 22 heavy (non-hydrogen) atoms. The van der Waals surface area contributed by atoms with E-state index in [4.69, 9.17) is 10.2 Å². The van der Waals surface area contributed by atoms with Crippen LogP contribution >= 0.6 is 0 Å². The smallest absolute Gasteiger partial charge is 0.328 e. The highest BCUT2D eigenvalue weighted by molar-refractivity contribution is 5.96. The summed E-state index contributed by atoms with van der Waals surface area (Å²) in [6.07, 6.45) is 1.71. The first-order valence-electron chi connectivity index (χ1n) is 7.19. The monoisotopic (exact) mass is 310 g/mol. The van der Waals surface area contributed by atoms with Crippen LogP contribution in [0.25, 0.3) is 0 Å². The van der Waals surface area contributed by atoms with Crippen LogP contribution in [-0.2, 0) is 11.3 Å². The third-order valence-corrected chi connectivity index (χ3v) is 3.58. The van der Waals surface area contributed by atoms with Crippen LogP contribution in [0.1, 0.15) is 41.4 Å². The molecule has 0 saturated heterocycles. The Kier molecular flexibility index (Phi) is 6.30. The van der Waals surface area contributed by atoms with Crippen molar-refractivity contribution in [3.63, 3.8) is 0 Å². The molecule has 0 aliphatic heterocycles. The normalized spacial score (nSPS) is 12.0. The lowest BCUT2D eigenvalue weighted by Crippen LogP contribution is -2.45. The minimum Gasteiger partial charge on any atom is -0.480 e. The van der Waals surface area contributed by atoms with Crippen molar-refractivity contribution in [3.05, 3.63) is 33.2 Å². The topological polar surface area (TPSA) is 109 Å². The lowest BCUT2D eigenvalue weighted by molar-refractivity contribution is -0.140. The van der Waals surface area contributed by atoms with Gasteiger partial charge in [0, 0.05) is 12.2 Å². The maximum Gasteiger partial charge on any atom is 0.328 e. The van der Waals surface area contributed by atoms with Crippen LogP contribution in [0.3, 0.4) is 0 Å². The Labute approximate surface area is 128 Å². The van der Waals surface area contributed by atoms with Crippen LogP contribution in [0.15, 0.2) is 10.9 Å². The number of carboxylic acid groups (broad SMARTS) is 1. The van der Waals surface area contributed by atoms with Gasteiger partial charge in [-0.3, -0.25) is 9.59 Å². The number of carboxylic acids is 1. The number of unbranched alkanes of at least 4 members (excludes halogenated alkanes) is 1. The number of hydrogen-bond acceptors (Lipinski definition) is 4. The molecule has 1 amide bonds. The van der Waals surface area contributed by atoms with E-state index >= 15 is 0 Å². The van der Waals surface area contributed by atoms with Crippen molar-refractivity contribution in [2.75, 3.05) is 6.61 Å². The molecule has 1 rings (SSSR count). The van der Waals surface area contributed by atoms with Gasteiger partial charge >= 0.3 is 5.97 Å². The highest BCUT2D eigenvalue weighted by Gasteiger charge is 2.22. The number of nitrogens with one attached hydrogen (secondary N) is 1. The number of hydrogen-bond donors (Lipinski definition) is 3. The van der Waals surface area contributed by atoms with Gasteiger partial charge < -0.3 is 20.1 Å². The maximum atomic E-state index is 12.4. The molecular formula is C15H22N2O5. The largest absolute Gasteiger partial charge is 0.480 e. The Balaban J connectivity index is 3.19. The molecule has 122 valence electrons. The van der Waals surface area contributed by atoms with E-state index in [1.807, 2.05) is 13.8 Å². The van der Waals surface area contributed by atoms with Crippen molar-refractivity contribution in [1.82, 2.24) is 9.88 Å². The molecule has 0 spiro atoms. The predicted molar refractivity (Wildman–Crippen MR) is 81.1 cm³/mol. The predicted octanol–water partition coefficient (Wildman–Crippen LogP) is 0.441. The molecule has 1 aromatic heterocycles. The van der Waals surface area contributed by atoms with Gasteiger partial charge in [-0.15, -0.1) is 0 Å². The van der Waals surface area contributed by atoms with Crippen LogP contribution in [0.4, 0.5) is 0 Å². The molecule has 7 heteroatoms. The number of carbonyl (C=O) groups is 2. The number of aromatic nitrogens is 1. The molecule has 0 aliphatic rings. The number of rotatable bonds is 7. The number of carbonyl (C=O) groups excluding carboxylic acids is 1. The van der Waals surface area contributed by atoms with Crippen molar-refractivity contribution in [2.24, 2.45) is 0 Å². The van der Waals surface area contributed by atoms with Gasteiger partial charge in [-0.05, 0) is 31.9 Å². The molecule has 0 aliphatic carbocycles. The van der Waals surface area contributed by atoms with Crippen LogP contribution < -0.4 is 10.9 Å². The standard InChI is InChI=1S/C15H22N2O5/c1-4-5-6-17-10(3)9(2)7-11(14(17)20)13(19)16-12(8-18)15(21)22/h7,12,18H,4-6,8H2,1-3H3,(H,16,19)(H,21,22)/t12-/m0/s1. The quantitative estimate of drug-likeness (QED) is 0.677. The van der Waals surface area contributed by atoms with E-state index in [-0.39, 0.29) is 5.56 Å². The fourth-order valence-corrected chi connectivity index (χ4v) is 2.06. The Bertz CT molecular complexity index is 621. The van der Waals surface area contributed by atoms with Crippen LogP contribution in [-0.4, -0.2) is 39.3 Å². The fourth-order valence-electron chi connectivity index (χ4n) is 2.06. The van der Waals surface area contributed by atoms with Crippen LogP contribution in [0.2, 0.25) is 0 Å². The number of nitrogens with zero attached hydrogens (tertiary/aromatic N) is 1. The lowest BCUT2D eigenvalue weighted by atomic mass is 10.1. The van der Waals surface area contributed by atoms with E-state index in [1.54, 1.807) is 6.92 Å². The van der Waals surface area contributed by atoms with E-state index in [1.165, 1.54) is 10.6 Å². The highest BCUT2D eigenvalue weighted by Crippen LogP contribution is 2.08. The summed E-state index contributed by atoms with van der Waals surface area (Å²) in [6, 6.07) is 0.0174. The fraction of sp³-hybridized carbons (Fsp3) is 0.533. The van der Waals surface area contributed by atoms with Gasteiger partial charge in [0.1, 0.15) is 5.56 Å². The zero-order chi connectivity index (χ0) is 16.9. The molecule has 0 radical (unpaired) electrons. The van der Waals surface area contributed by atoms with Crippen LogP contribution in [0, 0.1) is 13.8 Å². The van der Waals surface area contributed by atoms with Gasteiger partial charge in [0.25, 0.3) is 11.5 Å². The van der Waals surface area contributed by atoms with E-state index in [0.717, 1.165) is 24.1 Å². The van der Waals surface area contributed by atoms with E-state index in [0.29, 0.717) is 6.54 Å². The van der Waals surface area contributed by atoms with Crippen molar-refractivity contribution in [2.45, 2.75) is 46.2 Å². The van der Waals surface area contributed by atoms with Gasteiger partial charge in [-0.2, -0.15) is 0 Å². The maximum absolute atomic E-state index is 12.4. The SMILES string of the molecule is CCCCn1c(C)c(C)cc(C(=O)N[C@@H](CO)C(=O)O)c1=O. The number of pyridine rings is 1. The molecule has 1 heterocycles.